The molecule has 1 heterocycles. The number of aromatic nitrogens is 1. The van der Waals surface area contributed by atoms with Crippen molar-refractivity contribution in [3.63, 3.8) is 0 Å². The summed E-state index contributed by atoms with van der Waals surface area (Å²) in [5, 5.41) is 3.00. The first kappa shape index (κ1) is 27.4. The number of pyridine rings is 1. The van der Waals surface area contributed by atoms with Crippen LogP contribution in [0, 0.1) is 5.92 Å². The van der Waals surface area contributed by atoms with Crippen LogP contribution in [0.15, 0.2) is 66.9 Å². The molecule has 1 atom stereocenters. The number of halogens is 2. The van der Waals surface area contributed by atoms with E-state index < -0.39 is 12.5 Å². The fraction of sp³-hybridized carbons (Fsp3) is 0.367. The molecule has 0 radical (unpaired) electrons. The number of amides is 2. The molecule has 1 aliphatic carbocycles. The van der Waals surface area contributed by atoms with Gasteiger partial charge in [0.15, 0.2) is 0 Å². The first-order chi connectivity index (χ1) is 18.2. The van der Waals surface area contributed by atoms with Crippen molar-refractivity contribution in [3.05, 3.63) is 72.4 Å². The van der Waals surface area contributed by atoms with E-state index in [1.807, 2.05) is 43.4 Å². The minimum absolute atomic E-state index is 0.0627. The second-order valence-electron chi connectivity index (χ2n) is 10.0. The Morgan fingerprint density at radius 3 is 2.29 bits per heavy atom. The third-order valence-corrected chi connectivity index (χ3v) is 7.43. The molecule has 8 heteroatoms. The molecule has 2 aromatic carbocycles. The minimum atomic E-state index is -2.64. The van der Waals surface area contributed by atoms with E-state index in [9.17, 15) is 18.4 Å². The quantitative estimate of drug-likeness (QED) is 0.379. The molecule has 3 aromatic rings. The summed E-state index contributed by atoms with van der Waals surface area (Å²) in [4.78, 5) is 31.0. The average Bonchev–Trinajstić information content (AvgIpc) is 2.93. The van der Waals surface area contributed by atoms with E-state index in [0.29, 0.717) is 23.4 Å². The van der Waals surface area contributed by atoms with Crippen LogP contribution in [0.4, 0.5) is 14.5 Å². The van der Waals surface area contributed by atoms with Gasteiger partial charge in [-0.05, 0) is 48.8 Å². The van der Waals surface area contributed by atoms with Gasteiger partial charge in [0.2, 0.25) is 11.8 Å². The highest BCUT2D eigenvalue weighted by molar-refractivity contribution is 5.93. The monoisotopic (exact) mass is 520 g/mol. The zero-order chi connectivity index (χ0) is 27.2. The van der Waals surface area contributed by atoms with Crippen molar-refractivity contribution in [2.75, 3.05) is 12.4 Å². The van der Waals surface area contributed by atoms with E-state index >= 15 is 0 Å². The van der Waals surface area contributed by atoms with Gasteiger partial charge >= 0.3 is 0 Å². The highest BCUT2D eigenvalue weighted by Gasteiger charge is 2.26. The van der Waals surface area contributed by atoms with E-state index in [2.05, 4.69) is 10.3 Å². The highest BCUT2D eigenvalue weighted by atomic mass is 19.3. The fourth-order valence-electron chi connectivity index (χ4n) is 5.08. The predicted molar refractivity (Wildman–Crippen MR) is 145 cm³/mol. The van der Waals surface area contributed by atoms with Gasteiger partial charge in [0.25, 0.3) is 6.43 Å². The summed E-state index contributed by atoms with van der Waals surface area (Å²) in [6.07, 6.45) is 3.04. The number of hydrogen-bond acceptors (Lipinski definition) is 4. The highest BCUT2D eigenvalue weighted by Crippen LogP contribution is 2.34. The smallest absolute Gasteiger partial charge is 0.257 e. The molecule has 200 valence electrons. The summed E-state index contributed by atoms with van der Waals surface area (Å²) >= 11 is 0. The number of rotatable bonds is 8. The van der Waals surface area contributed by atoms with Gasteiger partial charge in [0, 0.05) is 37.6 Å². The molecule has 38 heavy (non-hydrogen) atoms. The minimum Gasteiger partial charge on any atom is -0.343 e. The Balaban J connectivity index is 1.49. The maximum absolute atomic E-state index is 13.0. The summed E-state index contributed by atoms with van der Waals surface area (Å²) in [7, 11) is 1.84. The Labute approximate surface area is 222 Å². The van der Waals surface area contributed by atoms with Gasteiger partial charge in [-0.1, -0.05) is 54.6 Å². The third kappa shape index (κ3) is 6.61. The van der Waals surface area contributed by atoms with Gasteiger partial charge in [0.05, 0.1) is 23.6 Å². The van der Waals surface area contributed by atoms with Gasteiger partial charge in [0.1, 0.15) is 0 Å². The zero-order valence-corrected chi connectivity index (χ0v) is 21.7. The zero-order valence-electron chi connectivity index (χ0n) is 21.7. The SMILES string of the molecule is CC(=O)N(C)[C@H]1CC[C@H](CC(=O)Nc2cnc(-c3ccc(C(N)C(F)F)cc3)c(-c3ccccc3)c2)CC1. The van der Waals surface area contributed by atoms with Crippen molar-refractivity contribution < 1.29 is 18.4 Å². The molecule has 1 unspecified atom stereocenters. The Morgan fingerprint density at radius 2 is 1.68 bits per heavy atom. The largest absolute Gasteiger partial charge is 0.343 e. The van der Waals surface area contributed by atoms with Crippen molar-refractivity contribution in [2.24, 2.45) is 11.7 Å². The van der Waals surface area contributed by atoms with Crippen molar-refractivity contribution >= 4 is 17.5 Å². The van der Waals surface area contributed by atoms with Crippen molar-refractivity contribution in [1.29, 1.82) is 0 Å². The summed E-state index contributed by atoms with van der Waals surface area (Å²) < 4.78 is 26.0. The van der Waals surface area contributed by atoms with E-state index in [4.69, 9.17) is 5.73 Å². The molecule has 2 amide bonds. The molecular weight excluding hydrogens is 486 g/mol. The lowest BCUT2D eigenvalue weighted by molar-refractivity contribution is -0.130. The summed E-state index contributed by atoms with van der Waals surface area (Å²) in [5.74, 6) is 0.293. The maximum atomic E-state index is 13.0. The Morgan fingerprint density at radius 1 is 1.03 bits per heavy atom. The van der Waals surface area contributed by atoms with Crippen molar-refractivity contribution in [2.45, 2.75) is 57.5 Å². The van der Waals surface area contributed by atoms with Crippen LogP contribution in [-0.4, -0.2) is 41.2 Å². The van der Waals surface area contributed by atoms with E-state index in [-0.39, 0.29) is 23.8 Å². The molecule has 0 bridgehead atoms. The lowest BCUT2D eigenvalue weighted by Gasteiger charge is -2.34. The molecule has 6 nitrogen and oxygen atoms in total. The van der Waals surface area contributed by atoms with Crippen LogP contribution in [0.25, 0.3) is 22.4 Å². The molecule has 0 saturated heterocycles. The normalized spacial score (nSPS) is 18.2. The topological polar surface area (TPSA) is 88.3 Å². The third-order valence-electron chi connectivity index (χ3n) is 7.43. The van der Waals surface area contributed by atoms with Crippen LogP contribution < -0.4 is 11.1 Å². The fourth-order valence-corrected chi connectivity index (χ4v) is 5.08. The summed E-state index contributed by atoms with van der Waals surface area (Å²) in [5.41, 5.74) is 9.73. The Bertz CT molecular complexity index is 1240. The van der Waals surface area contributed by atoms with Gasteiger partial charge in [-0.25, -0.2) is 8.78 Å². The standard InChI is InChI=1S/C30H34F2N4O2/c1-19(37)36(2)25-14-8-20(9-15-25)16-27(38)35-24-17-26(21-6-4-3-5-7-21)29(34-18-24)23-12-10-22(11-13-23)28(33)30(31)32/h3-7,10-13,17-18,20,25,28,30H,8-9,14-16,33H2,1-2H3,(H,35,38)/t20-,25-,28?. The molecule has 4 rings (SSSR count). The number of benzene rings is 2. The summed E-state index contributed by atoms with van der Waals surface area (Å²) in [6, 6.07) is 17.2. The van der Waals surface area contributed by atoms with E-state index in [1.54, 1.807) is 42.3 Å². The Kier molecular flexibility index (Phi) is 8.84. The molecule has 1 saturated carbocycles. The van der Waals surface area contributed by atoms with Crippen LogP contribution in [0.5, 0.6) is 0 Å². The van der Waals surface area contributed by atoms with Crippen LogP contribution in [0.2, 0.25) is 0 Å². The van der Waals surface area contributed by atoms with Gasteiger partial charge in [-0.15, -0.1) is 0 Å². The van der Waals surface area contributed by atoms with Crippen LogP contribution >= 0.6 is 0 Å². The first-order valence-corrected chi connectivity index (χ1v) is 13.0. The number of nitrogens with one attached hydrogen (secondary N) is 1. The van der Waals surface area contributed by atoms with E-state index in [0.717, 1.165) is 42.4 Å². The molecule has 3 N–H and O–H groups in total. The van der Waals surface area contributed by atoms with Gasteiger partial charge in [-0.2, -0.15) is 0 Å². The lowest BCUT2D eigenvalue weighted by Crippen LogP contribution is -2.38. The maximum Gasteiger partial charge on any atom is 0.257 e. The summed E-state index contributed by atoms with van der Waals surface area (Å²) in [6.45, 7) is 1.58. The molecular formula is C30H34F2N4O2. The van der Waals surface area contributed by atoms with Crippen molar-refractivity contribution in [1.82, 2.24) is 9.88 Å². The number of nitrogens with zero attached hydrogens (tertiary/aromatic N) is 2. The number of hydrogen-bond donors (Lipinski definition) is 2. The molecule has 1 aromatic heterocycles. The molecule has 1 fully saturated rings. The van der Waals surface area contributed by atoms with Crippen LogP contribution in [-0.2, 0) is 9.59 Å². The molecule has 0 spiro atoms. The lowest BCUT2D eigenvalue weighted by atomic mass is 9.83. The van der Waals surface area contributed by atoms with Crippen LogP contribution in [0.3, 0.4) is 0 Å². The van der Waals surface area contributed by atoms with E-state index in [1.165, 1.54) is 0 Å². The first-order valence-electron chi connectivity index (χ1n) is 13.0. The van der Waals surface area contributed by atoms with Crippen LogP contribution in [0.1, 0.15) is 50.6 Å². The Hall–Kier alpha value is -3.65. The predicted octanol–water partition coefficient (Wildman–Crippen LogP) is 6.05. The second-order valence-corrected chi connectivity index (χ2v) is 10.0. The number of alkyl halides is 2. The number of carbonyl (C=O) groups excluding carboxylic acids is 2. The van der Waals surface area contributed by atoms with Crippen molar-refractivity contribution in [3.8, 4) is 22.4 Å². The van der Waals surface area contributed by atoms with Gasteiger partial charge < -0.3 is 16.0 Å². The average molecular weight is 521 g/mol. The molecule has 1 aliphatic rings. The number of carbonyl (C=O) groups is 2. The second kappa shape index (κ2) is 12.3. The molecule has 0 aliphatic heterocycles. The number of anilines is 1. The number of nitrogens with two attached hydrogens (primary N) is 1. The van der Waals surface area contributed by atoms with Gasteiger partial charge in [-0.3, -0.25) is 14.6 Å².